The molecule has 5 heteroatoms. The van der Waals surface area contributed by atoms with Crippen molar-refractivity contribution in [1.29, 1.82) is 0 Å². The number of nitrogens with zero attached hydrogens (tertiary/aromatic N) is 2. The first-order valence-electron chi connectivity index (χ1n) is 6.90. The fourth-order valence-electron chi connectivity index (χ4n) is 3.08. The van der Waals surface area contributed by atoms with Crippen LogP contribution in [-0.2, 0) is 4.74 Å². The van der Waals surface area contributed by atoms with Crippen LogP contribution in [0.5, 0.6) is 0 Å². The number of imidazole rings is 1. The van der Waals surface area contributed by atoms with E-state index in [0.29, 0.717) is 11.6 Å². The Morgan fingerprint density at radius 1 is 1.50 bits per heavy atom. The Balaban J connectivity index is 2.14. The molecule has 2 aromatic rings. The number of aryl methyl sites for hydroxylation is 1. The maximum absolute atomic E-state index is 11.3. The van der Waals surface area contributed by atoms with Gasteiger partial charge in [0.2, 0.25) is 0 Å². The molecule has 1 aliphatic rings. The van der Waals surface area contributed by atoms with Crippen LogP contribution in [0.4, 0.5) is 0 Å². The number of benzene rings is 1. The van der Waals surface area contributed by atoms with Crippen LogP contribution in [0.1, 0.15) is 42.0 Å². The van der Waals surface area contributed by atoms with E-state index in [9.17, 15) is 9.90 Å². The molecule has 0 amide bonds. The van der Waals surface area contributed by atoms with Gasteiger partial charge in [0.1, 0.15) is 11.3 Å². The minimum Gasteiger partial charge on any atom is -0.478 e. The molecule has 0 aliphatic carbocycles. The summed E-state index contributed by atoms with van der Waals surface area (Å²) in [5.41, 5.74) is 1.75. The Hall–Kier alpha value is -1.88. The van der Waals surface area contributed by atoms with Gasteiger partial charge in [-0.3, -0.25) is 0 Å². The number of ether oxygens (including phenoxy) is 1. The summed E-state index contributed by atoms with van der Waals surface area (Å²) in [6.07, 6.45) is 2.10. The van der Waals surface area contributed by atoms with Crippen LogP contribution in [0, 0.1) is 6.92 Å². The van der Waals surface area contributed by atoms with E-state index in [0.717, 1.165) is 30.8 Å². The average Bonchev–Trinajstić information content (AvgIpc) is 2.74. The monoisotopic (exact) mass is 274 g/mol. The van der Waals surface area contributed by atoms with Crippen LogP contribution in [0.3, 0.4) is 0 Å². The fraction of sp³-hybridized carbons (Fsp3) is 0.467. The number of aromatic carboxylic acids is 1. The third kappa shape index (κ3) is 2.08. The van der Waals surface area contributed by atoms with Crippen LogP contribution < -0.4 is 0 Å². The van der Waals surface area contributed by atoms with Gasteiger partial charge in [-0.05, 0) is 38.8 Å². The number of carboxylic acids is 1. The third-order valence-corrected chi connectivity index (χ3v) is 3.95. The largest absolute Gasteiger partial charge is 0.478 e. The minimum atomic E-state index is -0.930. The van der Waals surface area contributed by atoms with E-state index < -0.39 is 5.97 Å². The lowest BCUT2D eigenvalue weighted by Gasteiger charge is -2.29. The van der Waals surface area contributed by atoms with Gasteiger partial charge >= 0.3 is 5.97 Å². The van der Waals surface area contributed by atoms with Gasteiger partial charge in [0, 0.05) is 12.6 Å². The molecule has 1 aromatic carbocycles. The number of carboxylic acid groups (broad SMARTS) is 1. The first-order valence-corrected chi connectivity index (χ1v) is 6.90. The molecule has 0 radical (unpaired) electrons. The molecule has 1 fully saturated rings. The van der Waals surface area contributed by atoms with Crippen molar-refractivity contribution in [2.75, 3.05) is 6.61 Å². The molecule has 1 aromatic heterocycles. The van der Waals surface area contributed by atoms with Gasteiger partial charge in [-0.1, -0.05) is 6.07 Å². The lowest BCUT2D eigenvalue weighted by atomic mass is 10.0. The van der Waals surface area contributed by atoms with Crippen LogP contribution in [0.15, 0.2) is 18.2 Å². The highest BCUT2D eigenvalue weighted by molar-refractivity contribution is 6.01. The van der Waals surface area contributed by atoms with Crippen LogP contribution >= 0.6 is 0 Å². The quantitative estimate of drug-likeness (QED) is 0.914. The minimum absolute atomic E-state index is 0.230. The van der Waals surface area contributed by atoms with Gasteiger partial charge in [0.15, 0.2) is 0 Å². The van der Waals surface area contributed by atoms with E-state index in [1.165, 1.54) is 0 Å². The van der Waals surface area contributed by atoms with Crippen molar-refractivity contribution in [1.82, 2.24) is 9.55 Å². The highest BCUT2D eigenvalue weighted by Crippen LogP contribution is 2.31. The number of hydrogen-bond donors (Lipinski definition) is 1. The molecule has 2 atom stereocenters. The molecule has 2 unspecified atom stereocenters. The molecule has 5 nitrogen and oxygen atoms in total. The van der Waals surface area contributed by atoms with Crippen LogP contribution in [0.2, 0.25) is 0 Å². The van der Waals surface area contributed by atoms with E-state index in [-0.39, 0.29) is 11.7 Å². The van der Waals surface area contributed by atoms with E-state index >= 15 is 0 Å². The summed E-state index contributed by atoms with van der Waals surface area (Å²) in [4.78, 5) is 15.8. The van der Waals surface area contributed by atoms with Gasteiger partial charge in [-0.25, -0.2) is 9.78 Å². The second-order valence-electron chi connectivity index (χ2n) is 5.37. The number of fused-ring (bicyclic) bond motifs is 1. The predicted molar refractivity (Wildman–Crippen MR) is 75.1 cm³/mol. The molecule has 106 valence electrons. The summed E-state index contributed by atoms with van der Waals surface area (Å²) >= 11 is 0. The lowest BCUT2D eigenvalue weighted by molar-refractivity contribution is 0.00637. The smallest absolute Gasteiger partial charge is 0.337 e. The van der Waals surface area contributed by atoms with E-state index in [1.807, 2.05) is 13.0 Å². The second kappa shape index (κ2) is 4.90. The number of para-hydroxylation sites is 1. The summed E-state index contributed by atoms with van der Waals surface area (Å²) in [7, 11) is 0. The summed E-state index contributed by atoms with van der Waals surface area (Å²) in [6.45, 7) is 4.75. The van der Waals surface area contributed by atoms with Crippen molar-refractivity contribution in [2.24, 2.45) is 0 Å². The Kier molecular flexibility index (Phi) is 3.22. The van der Waals surface area contributed by atoms with Crippen LogP contribution in [0.25, 0.3) is 11.0 Å². The van der Waals surface area contributed by atoms with Crippen LogP contribution in [-0.4, -0.2) is 33.3 Å². The van der Waals surface area contributed by atoms with Gasteiger partial charge in [-0.15, -0.1) is 0 Å². The molecule has 0 saturated carbocycles. The van der Waals surface area contributed by atoms with Crippen molar-refractivity contribution >= 4 is 17.0 Å². The van der Waals surface area contributed by atoms with Gasteiger partial charge in [-0.2, -0.15) is 0 Å². The third-order valence-electron chi connectivity index (χ3n) is 3.95. The van der Waals surface area contributed by atoms with Crippen molar-refractivity contribution in [3.8, 4) is 0 Å². The summed E-state index contributed by atoms with van der Waals surface area (Å²) < 4.78 is 7.76. The molecule has 2 heterocycles. The molecular formula is C15H18N2O3. The van der Waals surface area contributed by atoms with Crippen molar-refractivity contribution < 1.29 is 14.6 Å². The first kappa shape index (κ1) is 13.1. The number of aromatic nitrogens is 2. The zero-order valence-corrected chi connectivity index (χ0v) is 11.7. The normalized spacial score (nSPS) is 23.1. The van der Waals surface area contributed by atoms with Gasteiger partial charge < -0.3 is 14.4 Å². The maximum atomic E-state index is 11.3. The number of hydrogen-bond acceptors (Lipinski definition) is 3. The van der Waals surface area contributed by atoms with Crippen molar-refractivity contribution in [3.05, 3.63) is 29.6 Å². The zero-order valence-electron chi connectivity index (χ0n) is 11.7. The molecule has 0 spiro atoms. The van der Waals surface area contributed by atoms with Crippen molar-refractivity contribution in [2.45, 2.75) is 38.8 Å². The maximum Gasteiger partial charge on any atom is 0.337 e. The number of carbonyl (C=O) groups is 1. The highest BCUT2D eigenvalue weighted by Gasteiger charge is 2.25. The zero-order chi connectivity index (χ0) is 14.3. The second-order valence-corrected chi connectivity index (χ2v) is 5.37. The summed E-state index contributed by atoms with van der Waals surface area (Å²) in [5.74, 6) is -0.0617. The molecule has 0 bridgehead atoms. The van der Waals surface area contributed by atoms with E-state index in [4.69, 9.17) is 4.74 Å². The Morgan fingerprint density at radius 2 is 2.30 bits per heavy atom. The van der Waals surface area contributed by atoms with Gasteiger partial charge in [0.25, 0.3) is 0 Å². The Morgan fingerprint density at radius 3 is 3.00 bits per heavy atom. The SMILES string of the molecule is Cc1nc2c(C(=O)O)cccc2n1C1CCOC(C)C1. The highest BCUT2D eigenvalue weighted by atomic mass is 16.5. The molecule has 1 N–H and O–H groups in total. The molecule has 3 rings (SSSR count). The first-order chi connectivity index (χ1) is 9.58. The molecule has 1 aliphatic heterocycles. The summed E-state index contributed by atoms with van der Waals surface area (Å²) in [6, 6.07) is 5.66. The molecule has 1 saturated heterocycles. The molecular weight excluding hydrogens is 256 g/mol. The number of rotatable bonds is 2. The topological polar surface area (TPSA) is 64.3 Å². The standard InChI is InChI=1S/C15H18N2O3/c1-9-8-11(6-7-20-9)17-10(2)16-14-12(15(18)19)4-3-5-13(14)17/h3-5,9,11H,6-8H2,1-2H3,(H,18,19). The van der Waals surface area contributed by atoms with E-state index in [2.05, 4.69) is 16.5 Å². The predicted octanol–water partition coefficient (Wildman–Crippen LogP) is 2.78. The lowest BCUT2D eigenvalue weighted by Crippen LogP contribution is -2.26. The van der Waals surface area contributed by atoms with E-state index in [1.54, 1.807) is 12.1 Å². The summed E-state index contributed by atoms with van der Waals surface area (Å²) in [5, 5.41) is 9.27. The van der Waals surface area contributed by atoms with Gasteiger partial charge in [0.05, 0.1) is 17.2 Å². The molecule has 20 heavy (non-hydrogen) atoms. The van der Waals surface area contributed by atoms with Crippen molar-refractivity contribution in [3.63, 3.8) is 0 Å². The Labute approximate surface area is 117 Å². The Bertz CT molecular complexity index is 662. The fourth-order valence-corrected chi connectivity index (χ4v) is 3.08. The average molecular weight is 274 g/mol.